The van der Waals surface area contributed by atoms with Gasteiger partial charge in [-0.3, -0.25) is 0 Å². The first-order chi connectivity index (χ1) is 5.86. The van der Waals surface area contributed by atoms with Crippen molar-refractivity contribution in [3.63, 3.8) is 0 Å². The minimum atomic E-state index is -1.10. The SMILES string of the molecule is CC(C)(C)P(C)(=[Se])c1ccccc1. The van der Waals surface area contributed by atoms with E-state index in [0.29, 0.717) is 5.16 Å². The Hall–Kier alpha value is 0.169. The van der Waals surface area contributed by atoms with Gasteiger partial charge in [0.2, 0.25) is 0 Å². The Morgan fingerprint density at radius 2 is 1.54 bits per heavy atom. The molecular formula is C11H17PSe. The Morgan fingerprint density at radius 1 is 1.08 bits per heavy atom. The van der Waals surface area contributed by atoms with E-state index in [2.05, 4.69) is 72.9 Å². The van der Waals surface area contributed by atoms with Crippen molar-refractivity contribution in [2.75, 3.05) is 6.66 Å². The molecule has 0 aliphatic heterocycles. The van der Waals surface area contributed by atoms with Crippen LogP contribution in [0.25, 0.3) is 0 Å². The van der Waals surface area contributed by atoms with Crippen molar-refractivity contribution in [3.05, 3.63) is 30.3 Å². The van der Waals surface area contributed by atoms with E-state index in [1.165, 1.54) is 5.30 Å². The maximum atomic E-state index is 3.42. The number of benzene rings is 1. The van der Waals surface area contributed by atoms with Gasteiger partial charge in [0.25, 0.3) is 0 Å². The van der Waals surface area contributed by atoms with Crippen LogP contribution < -0.4 is 5.30 Å². The third-order valence-corrected chi connectivity index (χ3v) is 11.1. The summed E-state index contributed by atoms with van der Waals surface area (Å²) in [4.78, 5) is 0. The zero-order chi connectivity index (χ0) is 10.1. The summed E-state index contributed by atoms with van der Waals surface area (Å²) < 4.78 is 0. The van der Waals surface area contributed by atoms with Crippen LogP contribution in [0.5, 0.6) is 0 Å². The zero-order valence-electron chi connectivity index (χ0n) is 8.74. The number of hydrogen-bond donors (Lipinski definition) is 0. The first-order valence-corrected chi connectivity index (χ1v) is 8.94. The van der Waals surface area contributed by atoms with E-state index >= 15 is 0 Å². The van der Waals surface area contributed by atoms with Crippen LogP contribution >= 0.6 is 5.51 Å². The molecule has 1 aromatic carbocycles. The van der Waals surface area contributed by atoms with Crippen molar-refractivity contribution in [1.82, 2.24) is 0 Å². The maximum absolute atomic E-state index is 3.42. The Morgan fingerprint density at radius 3 is 1.92 bits per heavy atom. The first kappa shape index (κ1) is 11.2. The van der Waals surface area contributed by atoms with Crippen LogP contribution in [-0.2, 0) is 0 Å². The molecule has 0 saturated heterocycles. The normalized spacial score (nSPS) is 16.6. The van der Waals surface area contributed by atoms with Crippen LogP contribution in [0, 0.1) is 0 Å². The van der Waals surface area contributed by atoms with E-state index in [0.717, 1.165) is 0 Å². The van der Waals surface area contributed by atoms with Crippen molar-refractivity contribution in [2.24, 2.45) is 0 Å². The van der Waals surface area contributed by atoms with Gasteiger partial charge in [-0.2, -0.15) is 0 Å². The molecule has 1 unspecified atom stereocenters. The van der Waals surface area contributed by atoms with Crippen LogP contribution in [0.3, 0.4) is 0 Å². The summed E-state index contributed by atoms with van der Waals surface area (Å²) >= 11 is 3.42. The quantitative estimate of drug-likeness (QED) is 0.537. The molecule has 0 saturated carbocycles. The first-order valence-electron chi connectivity index (χ1n) is 4.49. The molecule has 72 valence electrons. The molecule has 1 atom stereocenters. The summed E-state index contributed by atoms with van der Waals surface area (Å²) in [5, 5.41) is 1.83. The third-order valence-electron chi connectivity index (χ3n) is 2.53. The molecule has 1 aromatic rings. The Kier molecular flexibility index (Phi) is 3.23. The van der Waals surface area contributed by atoms with Crippen LogP contribution in [0.1, 0.15) is 20.8 Å². The predicted molar refractivity (Wildman–Crippen MR) is 64.4 cm³/mol. The second-order valence-corrected chi connectivity index (χ2v) is 12.7. The fourth-order valence-electron chi connectivity index (χ4n) is 1.10. The van der Waals surface area contributed by atoms with Gasteiger partial charge in [-0.1, -0.05) is 0 Å². The Balaban J connectivity index is 3.17. The molecule has 0 bridgehead atoms. The molecule has 0 aliphatic rings. The Labute approximate surface area is 89.0 Å². The summed E-state index contributed by atoms with van der Waals surface area (Å²) in [6, 6.07) is 10.8. The molecule has 0 fully saturated rings. The molecule has 0 aliphatic carbocycles. The van der Waals surface area contributed by atoms with Crippen LogP contribution in [0.4, 0.5) is 0 Å². The minimum absolute atomic E-state index is 0.356. The molecule has 2 heteroatoms. The fourth-order valence-corrected chi connectivity index (χ4v) is 3.38. The van der Waals surface area contributed by atoms with E-state index in [1.807, 2.05) is 0 Å². The van der Waals surface area contributed by atoms with Gasteiger partial charge >= 0.3 is 88.8 Å². The molecule has 1 rings (SSSR count). The van der Waals surface area contributed by atoms with Crippen molar-refractivity contribution in [2.45, 2.75) is 25.9 Å². The fraction of sp³-hybridized carbons (Fsp3) is 0.455. The molecule has 0 amide bonds. The van der Waals surface area contributed by atoms with Crippen molar-refractivity contribution >= 4 is 25.9 Å². The van der Waals surface area contributed by atoms with Crippen molar-refractivity contribution < 1.29 is 0 Å². The zero-order valence-corrected chi connectivity index (χ0v) is 11.3. The Bertz CT molecular complexity index is 322. The second-order valence-electron chi connectivity index (χ2n) is 4.43. The summed E-state index contributed by atoms with van der Waals surface area (Å²) in [7, 11) is 0. The summed E-state index contributed by atoms with van der Waals surface area (Å²) in [5.74, 6) is 0. The second kappa shape index (κ2) is 3.73. The van der Waals surface area contributed by atoms with E-state index in [4.69, 9.17) is 0 Å². The van der Waals surface area contributed by atoms with Gasteiger partial charge in [-0.25, -0.2) is 0 Å². The molecule has 0 aromatic heterocycles. The number of hydrogen-bond acceptors (Lipinski definition) is 0. The van der Waals surface area contributed by atoms with Crippen LogP contribution in [0.2, 0.25) is 0 Å². The van der Waals surface area contributed by atoms with Gasteiger partial charge in [0.1, 0.15) is 0 Å². The standard InChI is InChI=1S/C11H17PSe/c1-11(2,3)12(4,13)10-8-6-5-7-9-10/h5-9H,1-4H3. The van der Waals surface area contributed by atoms with E-state index in [9.17, 15) is 0 Å². The van der Waals surface area contributed by atoms with Crippen LogP contribution in [0.15, 0.2) is 30.3 Å². The molecule has 0 heterocycles. The van der Waals surface area contributed by atoms with Gasteiger partial charge in [0, 0.05) is 0 Å². The average Bonchev–Trinajstić information content (AvgIpc) is 2.04. The molecular weight excluding hydrogens is 242 g/mol. The monoisotopic (exact) mass is 260 g/mol. The van der Waals surface area contributed by atoms with Gasteiger partial charge in [-0.05, 0) is 0 Å². The summed E-state index contributed by atoms with van der Waals surface area (Å²) in [5.41, 5.74) is -1.10. The van der Waals surface area contributed by atoms with Crippen molar-refractivity contribution in [1.29, 1.82) is 0 Å². The number of rotatable bonds is 1. The van der Waals surface area contributed by atoms with Gasteiger partial charge < -0.3 is 0 Å². The molecule has 13 heavy (non-hydrogen) atoms. The molecule has 0 radical (unpaired) electrons. The van der Waals surface area contributed by atoms with Crippen molar-refractivity contribution in [3.8, 4) is 0 Å². The third kappa shape index (κ3) is 2.34. The van der Waals surface area contributed by atoms with E-state index < -0.39 is 5.51 Å². The van der Waals surface area contributed by atoms with E-state index in [-0.39, 0.29) is 0 Å². The van der Waals surface area contributed by atoms with Gasteiger partial charge in [0.15, 0.2) is 0 Å². The van der Waals surface area contributed by atoms with Crippen LogP contribution in [-0.4, -0.2) is 26.9 Å². The van der Waals surface area contributed by atoms with E-state index in [1.54, 1.807) is 0 Å². The molecule has 0 N–H and O–H groups in total. The molecule has 0 spiro atoms. The molecule has 0 nitrogen and oxygen atoms in total. The average molecular weight is 259 g/mol. The van der Waals surface area contributed by atoms with Gasteiger partial charge in [0.05, 0.1) is 0 Å². The predicted octanol–water partition coefficient (Wildman–Crippen LogP) is 2.84. The summed E-state index contributed by atoms with van der Waals surface area (Å²) in [6.45, 7) is 9.29. The summed E-state index contributed by atoms with van der Waals surface area (Å²) in [6.07, 6.45) is 0. The van der Waals surface area contributed by atoms with Gasteiger partial charge in [-0.15, -0.1) is 0 Å². The topological polar surface area (TPSA) is 0 Å².